The number of para-hydroxylation sites is 1. The minimum atomic E-state index is -0.909. The fraction of sp³-hybridized carbons (Fsp3) is 0.158. The summed E-state index contributed by atoms with van der Waals surface area (Å²) in [5, 5.41) is 13.5. The molecule has 0 aliphatic rings. The summed E-state index contributed by atoms with van der Waals surface area (Å²) < 4.78 is 0.496. The van der Waals surface area contributed by atoms with Crippen molar-refractivity contribution in [2.24, 2.45) is 0 Å². The highest BCUT2D eigenvalue weighted by molar-refractivity contribution is 8.22. The standard InChI is InChI=1S/C19H18N2O2S2/c22-18(23)17(10-14-11-20-16-9-5-4-8-15(14)16)21-19(24)25-12-13-6-2-1-3-7-13/h1-9,11,17,20H,10,12H2,(H,21,24)(H,22,23)/t17-/m0/s1. The third kappa shape index (κ3) is 4.61. The van der Waals surface area contributed by atoms with Crippen LogP contribution < -0.4 is 5.32 Å². The van der Waals surface area contributed by atoms with E-state index >= 15 is 0 Å². The van der Waals surface area contributed by atoms with Crippen LogP contribution in [0.1, 0.15) is 11.1 Å². The SMILES string of the molecule is O=C(O)[C@H](Cc1c[nH]c2ccccc12)NC(=S)SCc1ccccc1. The Kier molecular flexibility index (Phi) is 5.73. The van der Waals surface area contributed by atoms with Crippen LogP contribution in [0.4, 0.5) is 0 Å². The Morgan fingerprint density at radius 3 is 2.64 bits per heavy atom. The molecule has 0 saturated carbocycles. The molecule has 4 nitrogen and oxygen atoms in total. The number of thiocarbonyl (C=S) groups is 1. The largest absolute Gasteiger partial charge is 0.480 e. The predicted octanol–water partition coefficient (Wildman–Crippen LogP) is 3.97. The number of carboxylic acids is 1. The van der Waals surface area contributed by atoms with Gasteiger partial charge in [-0.05, 0) is 17.2 Å². The van der Waals surface area contributed by atoms with Crippen molar-refractivity contribution < 1.29 is 9.90 Å². The lowest BCUT2D eigenvalue weighted by Gasteiger charge is -2.16. The van der Waals surface area contributed by atoms with E-state index in [2.05, 4.69) is 10.3 Å². The van der Waals surface area contributed by atoms with Crippen molar-refractivity contribution in [2.75, 3.05) is 0 Å². The molecule has 0 amide bonds. The lowest BCUT2D eigenvalue weighted by Crippen LogP contribution is -2.40. The molecule has 0 saturated heterocycles. The molecule has 128 valence electrons. The second-order valence-corrected chi connectivity index (χ2v) is 7.31. The molecule has 0 fully saturated rings. The molecular formula is C19H18N2O2S2. The molecule has 0 aliphatic heterocycles. The summed E-state index contributed by atoms with van der Waals surface area (Å²) in [5.74, 6) is -0.195. The topological polar surface area (TPSA) is 65.1 Å². The zero-order valence-corrected chi connectivity index (χ0v) is 15.1. The number of aromatic nitrogens is 1. The maximum atomic E-state index is 11.6. The van der Waals surface area contributed by atoms with E-state index in [0.29, 0.717) is 16.5 Å². The van der Waals surface area contributed by atoms with Crippen LogP contribution in [0, 0.1) is 0 Å². The predicted molar refractivity (Wildman–Crippen MR) is 107 cm³/mol. The number of hydrogen-bond acceptors (Lipinski definition) is 3. The summed E-state index contributed by atoms with van der Waals surface area (Å²) in [6.45, 7) is 0. The molecule has 25 heavy (non-hydrogen) atoms. The summed E-state index contributed by atoms with van der Waals surface area (Å²) in [6.07, 6.45) is 2.23. The average Bonchev–Trinajstić information content (AvgIpc) is 3.03. The highest BCUT2D eigenvalue weighted by Gasteiger charge is 2.20. The van der Waals surface area contributed by atoms with Gasteiger partial charge in [0.25, 0.3) is 0 Å². The van der Waals surface area contributed by atoms with E-state index in [1.807, 2.05) is 60.8 Å². The number of aliphatic carboxylic acids is 1. The van der Waals surface area contributed by atoms with Gasteiger partial charge in [-0.2, -0.15) is 0 Å². The van der Waals surface area contributed by atoms with Crippen molar-refractivity contribution in [3.8, 4) is 0 Å². The Hall–Kier alpha value is -2.31. The molecular weight excluding hydrogens is 352 g/mol. The van der Waals surface area contributed by atoms with Gasteiger partial charge in [-0.15, -0.1) is 0 Å². The smallest absolute Gasteiger partial charge is 0.326 e. The van der Waals surface area contributed by atoms with Crippen LogP contribution in [0.3, 0.4) is 0 Å². The number of carbonyl (C=O) groups is 1. The highest BCUT2D eigenvalue weighted by atomic mass is 32.2. The fourth-order valence-electron chi connectivity index (χ4n) is 2.63. The number of rotatable bonds is 6. The van der Waals surface area contributed by atoms with Gasteiger partial charge in [0, 0.05) is 29.3 Å². The van der Waals surface area contributed by atoms with Crippen LogP contribution in [0.2, 0.25) is 0 Å². The Morgan fingerprint density at radius 1 is 1.16 bits per heavy atom. The first-order valence-electron chi connectivity index (χ1n) is 7.88. The molecule has 3 aromatic rings. The molecule has 3 N–H and O–H groups in total. The maximum absolute atomic E-state index is 11.6. The number of thioether (sulfide) groups is 1. The second kappa shape index (κ2) is 8.18. The molecule has 0 spiro atoms. The molecule has 1 atom stereocenters. The third-order valence-corrected chi connectivity index (χ3v) is 5.23. The highest BCUT2D eigenvalue weighted by Crippen LogP contribution is 2.20. The van der Waals surface area contributed by atoms with Crippen molar-refractivity contribution in [2.45, 2.75) is 18.2 Å². The summed E-state index contributed by atoms with van der Waals surface area (Å²) in [7, 11) is 0. The first-order chi connectivity index (χ1) is 12.1. The van der Waals surface area contributed by atoms with Gasteiger partial charge in [0.15, 0.2) is 0 Å². The molecule has 1 aromatic heterocycles. The third-order valence-electron chi connectivity index (χ3n) is 3.90. The van der Waals surface area contributed by atoms with Crippen LogP contribution in [0.5, 0.6) is 0 Å². The van der Waals surface area contributed by atoms with E-state index < -0.39 is 12.0 Å². The van der Waals surface area contributed by atoms with Crippen LogP contribution in [-0.4, -0.2) is 26.4 Å². The van der Waals surface area contributed by atoms with Crippen LogP contribution in [0.15, 0.2) is 60.8 Å². The number of fused-ring (bicyclic) bond motifs is 1. The number of aromatic amines is 1. The first kappa shape index (κ1) is 17.5. The minimum absolute atomic E-state index is 0.366. The zero-order valence-electron chi connectivity index (χ0n) is 13.4. The molecule has 6 heteroatoms. The van der Waals surface area contributed by atoms with E-state index in [1.165, 1.54) is 11.8 Å². The van der Waals surface area contributed by atoms with Crippen LogP contribution in [0.25, 0.3) is 10.9 Å². The summed E-state index contributed by atoms with van der Waals surface area (Å²) in [6, 6.07) is 17.1. The van der Waals surface area contributed by atoms with Gasteiger partial charge >= 0.3 is 5.97 Å². The molecule has 2 aromatic carbocycles. The number of carboxylic acid groups (broad SMARTS) is 1. The van der Waals surface area contributed by atoms with E-state index in [4.69, 9.17) is 12.2 Å². The monoisotopic (exact) mass is 370 g/mol. The van der Waals surface area contributed by atoms with E-state index in [-0.39, 0.29) is 0 Å². The van der Waals surface area contributed by atoms with E-state index in [9.17, 15) is 9.90 Å². The molecule has 1 heterocycles. The van der Waals surface area contributed by atoms with Crippen molar-refractivity contribution >= 4 is 45.2 Å². The fourth-order valence-corrected chi connectivity index (χ4v) is 3.66. The Bertz CT molecular complexity index is 877. The lowest BCUT2D eigenvalue weighted by atomic mass is 10.1. The average molecular weight is 370 g/mol. The lowest BCUT2D eigenvalue weighted by molar-refractivity contribution is -0.138. The molecule has 3 rings (SSSR count). The molecule has 0 aliphatic carbocycles. The number of benzene rings is 2. The molecule has 0 bridgehead atoms. The van der Waals surface area contributed by atoms with Crippen LogP contribution >= 0.6 is 24.0 Å². The zero-order chi connectivity index (χ0) is 17.6. The van der Waals surface area contributed by atoms with Crippen molar-refractivity contribution in [3.05, 3.63) is 71.9 Å². The van der Waals surface area contributed by atoms with Gasteiger partial charge in [-0.3, -0.25) is 0 Å². The summed E-state index contributed by atoms with van der Waals surface area (Å²) in [5.41, 5.74) is 3.12. The van der Waals surface area contributed by atoms with Crippen molar-refractivity contribution in [1.82, 2.24) is 10.3 Å². The van der Waals surface area contributed by atoms with Gasteiger partial charge in [-0.25, -0.2) is 4.79 Å². The number of nitrogens with one attached hydrogen (secondary N) is 2. The van der Waals surface area contributed by atoms with Gasteiger partial charge in [0.2, 0.25) is 0 Å². The first-order valence-corrected chi connectivity index (χ1v) is 9.28. The normalized spacial score (nSPS) is 12.0. The summed E-state index contributed by atoms with van der Waals surface area (Å²) in [4.78, 5) is 14.8. The van der Waals surface area contributed by atoms with Gasteiger partial charge < -0.3 is 15.4 Å². The molecule has 0 radical (unpaired) electrons. The van der Waals surface area contributed by atoms with Gasteiger partial charge in [0.05, 0.1) is 0 Å². The maximum Gasteiger partial charge on any atom is 0.326 e. The van der Waals surface area contributed by atoms with Gasteiger partial charge in [-0.1, -0.05) is 72.5 Å². The Morgan fingerprint density at radius 2 is 1.88 bits per heavy atom. The Labute approximate surface area is 155 Å². The van der Waals surface area contributed by atoms with Gasteiger partial charge in [0.1, 0.15) is 10.4 Å². The molecule has 0 unspecified atom stereocenters. The number of H-pyrrole nitrogens is 1. The van der Waals surface area contributed by atoms with E-state index in [1.54, 1.807) is 0 Å². The Balaban J connectivity index is 1.63. The van der Waals surface area contributed by atoms with Crippen molar-refractivity contribution in [1.29, 1.82) is 0 Å². The number of hydrogen-bond donors (Lipinski definition) is 3. The van der Waals surface area contributed by atoms with E-state index in [0.717, 1.165) is 22.0 Å². The van der Waals surface area contributed by atoms with Crippen molar-refractivity contribution in [3.63, 3.8) is 0 Å². The quantitative estimate of drug-likeness (QED) is 0.573. The minimum Gasteiger partial charge on any atom is -0.480 e. The second-order valence-electron chi connectivity index (χ2n) is 5.66. The summed E-state index contributed by atoms with van der Waals surface area (Å²) >= 11 is 6.76. The van der Waals surface area contributed by atoms with Crippen LogP contribution in [-0.2, 0) is 17.0 Å².